The van der Waals surface area contributed by atoms with E-state index in [1.54, 1.807) is 16.8 Å². The Balaban J connectivity index is 2.47. The molecule has 4 heteroatoms. The topological polar surface area (TPSA) is 30.7 Å². The van der Waals surface area contributed by atoms with E-state index in [1.165, 1.54) is 18.5 Å². The second-order valence-electron chi connectivity index (χ2n) is 2.70. The number of nitrogens with zero attached hydrogens (tertiary/aromatic N) is 3. The van der Waals surface area contributed by atoms with Gasteiger partial charge in [-0.25, -0.2) is 14.1 Å². The van der Waals surface area contributed by atoms with Crippen molar-refractivity contribution in [2.24, 2.45) is 0 Å². The number of aromatic nitrogens is 3. The summed E-state index contributed by atoms with van der Waals surface area (Å²) >= 11 is 0. The minimum absolute atomic E-state index is 0.249. The fourth-order valence-electron chi connectivity index (χ4n) is 1.14. The molecular weight excluding hydrogens is 169 g/mol. The minimum Gasteiger partial charge on any atom is -0.220 e. The maximum atomic E-state index is 12.6. The van der Waals surface area contributed by atoms with Crippen LogP contribution in [0, 0.1) is 12.7 Å². The first-order valence-electron chi connectivity index (χ1n) is 3.90. The Bertz CT molecular complexity index is 405. The van der Waals surface area contributed by atoms with Gasteiger partial charge in [-0.2, -0.15) is 5.10 Å². The highest BCUT2D eigenvalue weighted by atomic mass is 19.1. The summed E-state index contributed by atoms with van der Waals surface area (Å²) in [5.74, 6) is 0.535. The molecule has 2 aromatic rings. The average Bonchev–Trinajstić information content (AvgIpc) is 2.53. The molecule has 2 rings (SSSR count). The highest BCUT2D eigenvalue weighted by Crippen LogP contribution is 2.08. The monoisotopic (exact) mass is 177 g/mol. The lowest BCUT2D eigenvalue weighted by molar-refractivity contribution is 0.627. The lowest BCUT2D eigenvalue weighted by Crippen LogP contribution is -1.98. The largest absolute Gasteiger partial charge is 0.220 e. The van der Waals surface area contributed by atoms with Crippen LogP contribution in [0.15, 0.2) is 30.6 Å². The maximum Gasteiger partial charge on any atom is 0.138 e. The fraction of sp³-hybridized carbons (Fsp3) is 0.111. The summed E-state index contributed by atoms with van der Waals surface area (Å²) in [6.45, 7) is 1.84. The standard InChI is InChI=1S/C9H8FN3/c1-7-11-6-12-13(7)9-4-2-8(10)3-5-9/h2-6H,1H3. The third-order valence-electron chi connectivity index (χ3n) is 1.79. The normalized spacial score (nSPS) is 10.3. The molecule has 0 aliphatic carbocycles. The highest BCUT2D eigenvalue weighted by molar-refractivity contribution is 5.31. The number of benzene rings is 1. The summed E-state index contributed by atoms with van der Waals surface area (Å²) in [5.41, 5.74) is 0.816. The summed E-state index contributed by atoms with van der Waals surface area (Å²) in [4.78, 5) is 3.97. The molecule has 1 aromatic carbocycles. The maximum absolute atomic E-state index is 12.6. The molecule has 0 unspecified atom stereocenters. The number of hydrogen-bond acceptors (Lipinski definition) is 2. The van der Waals surface area contributed by atoms with E-state index < -0.39 is 0 Å². The van der Waals surface area contributed by atoms with Crippen molar-refractivity contribution in [2.75, 3.05) is 0 Å². The van der Waals surface area contributed by atoms with E-state index in [9.17, 15) is 4.39 Å². The van der Waals surface area contributed by atoms with E-state index in [0.717, 1.165) is 11.5 Å². The van der Waals surface area contributed by atoms with Crippen LogP contribution >= 0.6 is 0 Å². The molecule has 13 heavy (non-hydrogen) atoms. The Hall–Kier alpha value is -1.71. The molecule has 1 heterocycles. The van der Waals surface area contributed by atoms with Crippen molar-refractivity contribution in [1.82, 2.24) is 14.8 Å². The lowest BCUT2D eigenvalue weighted by Gasteiger charge is -2.01. The van der Waals surface area contributed by atoms with Crippen LogP contribution in [-0.4, -0.2) is 14.8 Å². The Kier molecular flexibility index (Phi) is 1.81. The van der Waals surface area contributed by atoms with E-state index in [1.807, 2.05) is 6.92 Å². The van der Waals surface area contributed by atoms with Crippen LogP contribution in [-0.2, 0) is 0 Å². The summed E-state index contributed by atoms with van der Waals surface area (Å²) < 4.78 is 14.2. The van der Waals surface area contributed by atoms with Gasteiger partial charge in [0, 0.05) is 0 Å². The van der Waals surface area contributed by atoms with Crippen molar-refractivity contribution in [3.63, 3.8) is 0 Å². The third-order valence-corrected chi connectivity index (χ3v) is 1.79. The summed E-state index contributed by atoms with van der Waals surface area (Å²) in [6.07, 6.45) is 1.47. The third kappa shape index (κ3) is 1.42. The second kappa shape index (κ2) is 2.97. The van der Waals surface area contributed by atoms with Crippen LogP contribution < -0.4 is 0 Å². The van der Waals surface area contributed by atoms with E-state index in [2.05, 4.69) is 10.1 Å². The fourth-order valence-corrected chi connectivity index (χ4v) is 1.14. The molecule has 3 nitrogen and oxygen atoms in total. The number of halogens is 1. The van der Waals surface area contributed by atoms with Crippen molar-refractivity contribution in [1.29, 1.82) is 0 Å². The molecule has 0 aliphatic heterocycles. The van der Waals surface area contributed by atoms with Crippen molar-refractivity contribution in [3.05, 3.63) is 42.2 Å². The SMILES string of the molecule is Cc1ncnn1-c1ccc(F)cc1. The van der Waals surface area contributed by atoms with Gasteiger partial charge in [-0.3, -0.25) is 0 Å². The van der Waals surface area contributed by atoms with Gasteiger partial charge in [0.25, 0.3) is 0 Å². The van der Waals surface area contributed by atoms with E-state index >= 15 is 0 Å². The molecule has 66 valence electrons. The first-order valence-corrected chi connectivity index (χ1v) is 3.90. The van der Waals surface area contributed by atoms with Crippen LogP contribution in [0.25, 0.3) is 5.69 Å². The molecule has 0 saturated heterocycles. The van der Waals surface area contributed by atoms with Crippen LogP contribution in [0.1, 0.15) is 5.82 Å². The molecule has 0 spiro atoms. The predicted octanol–water partition coefficient (Wildman–Crippen LogP) is 1.71. The smallest absolute Gasteiger partial charge is 0.138 e. The average molecular weight is 177 g/mol. The van der Waals surface area contributed by atoms with Gasteiger partial charge >= 0.3 is 0 Å². The lowest BCUT2D eigenvalue weighted by atomic mass is 10.3. The van der Waals surface area contributed by atoms with Gasteiger partial charge in [0.1, 0.15) is 18.0 Å². The summed E-state index contributed by atoms with van der Waals surface area (Å²) in [7, 11) is 0. The van der Waals surface area contributed by atoms with Crippen molar-refractivity contribution in [3.8, 4) is 5.69 Å². The van der Waals surface area contributed by atoms with E-state index in [4.69, 9.17) is 0 Å². The van der Waals surface area contributed by atoms with Crippen molar-refractivity contribution in [2.45, 2.75) is 6.92 Å². The molecule has 0 saturated carbocycles. The van der Waals surface area contributed by atoms with E-state index in [-0.39, 0.29) is 5.82 Å². The molecule has 1 aromatic heterocycles. The van der Waals surface area contributed by atoms with Gasteiger partial charge < -0.3 is 0 Å². The highest BCUT2D eigenvalue weighted by Gasteiger charge is 2.00. The second-order valence-corrected chi connectivity index (χ2v) is 2.70. The Labute approximate surface area is 74.8 Å². The predicted molar refractivity (Wildman–Crippen MR) is 46.1 cm³/mol. The van der Waals surface area contributed by atoms with Gasteiger partial charge in [0.2, 0.25) is 0 Å². The number of aryl methyl sites for hydroxylation is 1. The summed E-state index contributed by atoms with van der Waals surface area (Å²) in [6, 6.07) is 6.13. The molecular formula is C9H8FN3. The Morgan fingerprint density at radius 3 is 2.46 bits per heavy atom. The molecule has 0 N–H and O–H groups in total. The van der Waals surface area contributed by atoms with Crippen molar-refractivity contribution >= 4 is 0 Å². The first-order chi connectivity index (χ1) is 6.27. The van der Waals surface area contributed by atoms with Gasteiger partial charge in [-0.05, 0) is 31.2 Å². The molecule has 0 fully saturated rings. The molecule has 0 radical (unpaired) electrons. The zero-order valence-corrected chi connectivity index (χ0v) is 7.11. The zero-order chi connectivity index (χ0) is 9.26. The van der Waals surface area contributed by atoms with Crippen LogP contribution in [0.5, 0.6) is 0 Å². The zero-order valence-electron chi connectivity index (χ0n) is 7.11. The van der Waals surface area contributed by atoms with Gasteiger partial charge in [-0.1, -0.05) is 0 Å². The van der Waals surface area contributed by atoms with Crippen LogP contribution in [0.2, 0.25) is 0 Å². The van der Waals surface area contributed by atoms with Crippen LogP contribution in [0.4, 0.5) is 4.39 Å². The summed E-state index contributed by atoms with van der Waals surface area (Å²) in [5, 5.41) is 4.00. The minimum atomic E-state index is -0.249. The van der Waals surface area contributed by atoms with E-state index in [0.29, 0.717) is 0 Å². The first kappa shape index (κ1) is 7.91. The van der Waals surface area contributed by atoms with Gasteiger partial charge in [0.05, 0.1) is 5.69 Å². The molecule has 0 amide bonds. The number of hydrogen-bond donors (Lipinski definition) is 0. The quantitative estimate of drug-likeness (QED) is 0.664. The van der Waals surface area contributed by atoms with Crippen LogP contribution in [0.3, 0.4) is 0 Å². The molecule has 0 aliphatic rings. The molecule has 0 atom stereocenters. The molecule has 0 bridgehead atoms. The van der Waals surface area contributed by atoms with Gasteiger partial charge in [-0.15, -0.1) is 0 Å². The Morgan fingerprint density at radius 2 is 1.92 bits per heavy atom. The Morgan fingerprint density at radius 1 is 1.23 bits per heavy atom. The number of rotatable bonds is 1. The van der Waals surface area contributed by atoms with Gasteiger partial charge in [0.15, 0.2) is 0 Å². The van der Waals surface area contributed by atoms with Crippen molar-refractivity contribution < 1.29 is 4.39 Å².